The Bertz CT molecular complexity index is 1000. The average molecular weight is 329 g/mol. The fraction of sp³-hybridized carbons (Fsp3) is 0.0500. The van der Waals surface area contributed by atoms with Crippen molar-refractivity contribution in [2.24, 2.45) is 0 Å². The first-order chi connectivity index (χ1) is 12.2. The highest BCUT2D eigenvalue weighted by Gasteiger charge is 2.36. The maximum Gasteiger partial charge on any atom is 0.213 e. The van der Waals surface area contributed by atoms with Crippen LogP contribution in [0.25, 0.3) is 5.69 Å². The topological polar surface area (TPSA) is 64.0 Å². The number of aromatic nitrogens is 2. The molecule has 0 radical (unpaired) electrons. The minimum atomic E-state index is -0.201. The number of nitrogens with one attached hydrogen (secondary N) is 1. The van der Waals surface area contributed by atoms with Crippen molar-refractivity contribution in [1.82, 2.24) is 9.78 Å². The van der Waals surface area contributed by atoms with Gasteiger partial charge in [0.15, 0.2) is 11.6 Å². The van der Waals surface area contributed by atoms with Crippen molar-refractivity contribution in [3.63, 3.8) is 0 Å². The van der Waals surface area contributed by atoms with Gasteiger partial charge in [-0.2, -0.15) is 0 Å². The molecule has 0 fully saturated rings. The zero-order valence-electron chi connectivity index (χ0n) is 13.4. The second kappa shape index (κ2) is 5.87. The summed E-state index contributed by atoms with van der Waals surface area (Å²) in [5.74, 6) is -0.00115. The lowest BCUT2D eigenvalue weighted by molar-refractivity contribution is 0.0975. The molecule has 3 aromatic rings. The summed E-state index contributed by atoms with van der Waals surface area (Å²) >= 11 is 0. The summed E-state index contributed by atoms with van der Waals surface area (Å²) in [7, 11) is 0. The van der Waals surface area contributed by atoms with E-state index in [2.05, 4.69) is 17.0 Å². The summed E-state index contributed by atoms with van der Waals surface area (Å²) < 4.78 is 1.54. The van der Waals surface area contributed by atoms with Gasteiger partial charge in [-0.1, -0.05) is 48.5 Å². The van der Waals surface area contributed by atoms with Crippen molar-refractivity contribution >= 4 is 17.4 Å². The summed E-state index contributed by atoms with van der Waals surface area (Å²) in [6, 6.07) is 16.2. The van der Waals surface area contributed by atoms with Crippen molar-refractivity contribution in [2.45, 2.75) is 0 Å². The van der Waals surface area contributed by atoms with Crippen LogP contribution < -0.4 is 5.32 Å². The van der Waals surface area contributed by atoms with Gasteiger partial charge in [-0.05, 0) is 12.1 Å². The normalized spacial score (nSPS) is 12.5. The van der Waals surface area contributed by atoms with Gasteiger partial charge in [0.1, 0.15) is 5.69 Å². The third-order valence-electron chi connectivity index (χ3n) is 4.16. The standard InChI is InChI=1S/C20H15N3O2/c1-2-12-21-20-16-17(23(22-20)13-8-4-3-5-9-13)19(25)15-11-7-6-10-14(15)18(16)24/h2-11H,1,12H2,(H,21,22). The zero-order valence-corrected chi connectivity index (χ0v) is 13.4. The molecule has 1 aromatic heterocycles. The maximum absolute atomic E-state index is 13.1. The van der Waals surface area contributed by atoms with Crippen molar-refractivity contribution < 1.29 is 9.59 Å². The molecule has 4 rings (SSSR count). The van der Waals surface area contributed by atoms with Gasteiger partial charge < -0.3 is 5.32 Å². The minimum absolute atomic E-state index is 0.195. The number of fused-ring (bicyclic) bond motifs is 2. The molecule has 5 nitrogen and oxygen atoms in total. The lowest BCUT2D eigenvalue weighted by Gasteiger charge is -2.16. The van der Waals surface area contributed by atoms with Gasteiger partial charge >= 0.3 is 0 Å². The number of benzene rings is 2. The first kappa shape index (κ1) is 15.1. The lowest BCUT2D eigenvalue weighted by Crippen LogP contribution is -2.23. The third kappa shape index (κ3) is 2.29. The second-order valence-electron chi connectivity index (χ2n) is 5.69. The molecule has 122 valence electrons. The van der Waals surface area contributed by atoms with E-state index in [9.17, 15) is 9.59 Å². The van der Waals surface area contributed by atoms with Crippen LogP contribution >= 0.6 is 0 Å². The average Bonchev–Trinajstić information content (AvgIpc) is 3.05. The van der Waals surface area contributed by atoms with Crippen molar-refractivity contribution in [3.05, 3.63) is 89.6 Å². The second-order valence-corrected chi connectivity index (χ2v) is 5.69. The molecule has 0 amide bonds. The summed E-state index contributed by atoms with van der Waals surface area (Å²) in [5, 5.41) is 7.57. The van der Waals surface area contributed by atoms with E-state index >= 15 is 0 Å². The molecular weight excluding hydrogens is 314 g/mol. The third-order valence-corrected chi connectivity index (χ3v) is 4.16. The molecule has 0 aliphatic heterocycles. The molecule has 1 N–H and O–H groups in total. The molecule has 0 atom stereocenters. The number of hydrogen-bond acceptors (Lipinski definition) is 4. The Balaban J connectivity index is 1.98. The van der Waals surface area contributed by atoms with Gasteiger partial charge in [-0.15, -0.1) is 11.7 Å². The molecule has 1 aliphatic carbocycles. The molecule has 0 saturated heterocycles. The molecule has 0 unspecified atom stereocenters. The Kier molecular flexibility index (Phi) is 3.54. The van der Waals surface area contributed by atoms with Crippen molar-refractivity contribution in [2.75, 3.05) is 11.9 Å². The highest BCUT2D eigenvalue weighted by Crippen LogP contribution is 2.33. The van der Waals surface area contributed by atoms with Gasteiger partial charge in [-0.3, -0.25) is 9.59 Å². The number of hydrogen-bond donors (Lipinski definition) is 1. The van der Waals surface area contributed by atoms with Gasteiger partial charge in [0, 0.05) is 17.7 Å². The van der Waals surface area contributed by atoms with E-state index in [-0.39, 0.29) is 11.6 Å². The van der Waals surface area contributed by atoms with Crippen LogP contribution in [0.4, 0.5) is 5.82 Å². The van der Waals surface area contributed by atoms with E-state index in [1.165, 1.54) is 4.68 Å². The van der Waals surface area contributed by atoms with Gasteiger partial charge in [-0.25, -0.2) is 4.68 Å². The minimum Gasteiger partial charge on any atom is -0.364 e. The number of anilines is 1. The molecular formula is C20H15N3O2. The molecule has 0 saturated carbocycles. The smallest absolute Gasteiger partial charge is 0.213 e. The van der Waals surface area contributed by atoms with Crippen LogP contribution in [0.2, 0.25) is 0 Å². The lowest BCUT2D eigenvalue weighted by atomic mass is 9.87. The molecule has 25 heavy (non-hydrogen) atoms. The van der Waals surface area contributed by atoms with Crippen LogP contribution in [0.5, 0.6) is 0 Å². The number of nitrogens with zero attached hydrogens (tertiary/aromatic N) is 2. The summed E-state index contributed by atoms with van der Waals surface area (Å²) in [5.41, 5.74) is 2.16. The van der Waals surface area contributed by atoms with E-state index in [4.69, 9.17) is 0 Å². The molecule has 1 aliphatic rings. The van der Waals surface area contributed by atoms with Crippen LogP contribution in [0, 0.1) is 0 Å². The molecule has 2 aromatic carbocycles. The van der Waals surface area contributed by atoms with E-state index in [0.717, 1.165) is 5.69 Å². The Morgan fingerprint density at radius 2 is 1.60 bits per heavy atom. The van der Waals surface area contributed by atoms with Crippen LogP contribution in [-0.4, -0.2) is 27.9 Å². The van der Waals surface area contributed by atoms with Gasteiger partial charge in [0.2, 0.25) is 5.78 Å². The van der Waals surface area contributed by atoms with E-state index in [0.29, 0.717) is 34.7 Å². The zero-order chi connectivity index (χ0) is 17.4. The number of carbonyl (C=O) groups is 2. The number of para-hydroxylation sites is 1. The van der Waals surface area contributed by atoms with Crippen LogP contribution in [0.3, 0.4) is 0 Å². The quantitative estimate of drug-likeness (QED) is 0.584. The number of rotatable bonds is 4. The first-order valence-electron chi connectivity index (χ1n) is 7.94. The highest BCUT2D eigenvalue weighted by atomic mass is 16.1. The molecule has 0 bridgehead atoms. The molecule has 1 heterocycles. The largest absolute Gasteiger partial charge is 0.364 e. The Hall–Kier alpha value is -3.47. The van der Waals surface area contributed by atoms with Crippen molar-refractivity contribution in [1.29, 1.82) is 0 Å². The monoisotopic (exact) mass is 329 g/mol. The van der Waals surface area contributed by atoms with E-state index in [1.54, 1.807) is 30.3 Å². The van der Waals surface area contributed by atoms with E-state index in [1.807, 2.05) is 30.3 Å². The van der Waals surface area contributed by atoms with Gasteiger partial charge in [0.25, 0.3) is 0 Å². The summed E-state index contributed by atoms with van der Waals surface area (Å²) in [4.78, 5) is 26.1. The SMILES string of the molecule is C=CCNc1nn(-c2ccccc2)c2c1C(=O)c1ccccc1C2=O. The predicted molar refractivity (Wildman–Crippen MR) is 95.6 cm³/mol. The van der Waals surface area contributed by atoms with Crippen LogP contribution in [0.15, 0.2) is 67.3 Å². The van der Waals surface area contributed by atoms with E-state index < -0.39 is 0 Å². The fourth-order valence-electron chi connectivity index (χ4n) is 3.03. The van der Waals surface area contributed by atoms with Crippen LogP contribution in [-0.2, 0) is 0 Å². The maximum atomic E-state index is 13.1. The first-order valence-corrected chi connectivity index (χ1v) is 7.94. The Labute approximate surface area is 144 Å². The van der Waals surface area contributed by atoms with Crippen LogP contribution in [0.1, 0.15) is 32.0 Å². The fourth-order valence-corrected chi connectivity index (χ4v) is 3.03. The highest BCUT2D eigenvalue weighted by molar-refractivity contribution is 6.29. The predicted octanol–water partition coefficient (Wildman–Crippen LogP) is 3.25. The summed E-state index contributed by atoms with van der Waals surface area (Å²) in [6.07, 6.45) is 1.68. The Morgan fingerprint density at radius 3 is 2.28 bits per heavy atom. The number of ketones is 2. The number of carbonyl (C=O) groups excluding carboxylic acids is 2. The Morgan fingerprint density at radius 1 is 0.960 bits per heavy atom. The summed E-state index contributed by atoms with van der Waals surface area (Å²) in [6.45, 7) is 4.12. The molecule has 5 heteroatoms. The van der Waals surface area contributed by atoms with Gasteiger partial charge in [0.05, 0.1) is 11.3 Å². The molecule has 0 spiro atoms. The van der Waals surface area contributed by atoms with Crippen molar-refractivity contribution in [3.8, 4) is 5.69 Å².